The summed E-state index contributed by atoms with van der Waals surface area (Å²) in [5, 5.41) is 3.60. The quantitative estimate of drug-likeness (QED) is 0.890. The van der Waals surface area contributed by atoms with Crippen LogP contribution in [0.4, 0.5) is 5.82 Å². The molecule has 1 N–H and O–H groups in total. The molecule has 2 heterocycles. The van der Waals surface area contributed by atoms with Gasteiger partial charge in [-0.05, 0) is 0 Å². The first-order chi connectivity index (χ1) is 8.70. The number of nitrogens with zero attached hydrogens (tertiary/aromatic N) is 4. The third kappa shape index (κ3) is 2.89. The van der Waals surface area contributed by atoms with Crippen LogP contribution in [0, 0.1) is 0 Å². The van der Waals surface area contributed by atoms with Crippen LogP contribution in [-0.4, -0.2) is 33.2 Å². The van der Waals surface area contributed by atoms with Gasteiger partial charge in [-0.25, -0.2) is 9.97 Å². The molecular weight excluding hydrogens is 254 g/mol. The molecule has 0 atom stereocenters. The molecule has 96 valence electrons. The molecule has 0 aliphatic carbocycles. The van der Waals surface area contributed by atoms with Gasteiger partial charge in [-0.2, -0.15) is 4.98 Å². The van der Waals surface area contributed by atoms with Crippen molar-refractivity contribution < 1.29 is 4.74 Å². The SMILES string of the molecule is COc1ncc(Cl)c(NCCc2nccn2C)n1. The molecule has 0 aromatic carbocycles. The number of anilines is 1. The Hall–Kier alpha value is -1.82. The lowest BCUT2D eigenvalue weighted by Gasteiger charge is -2.08. The predicted molar refractivity (Wildman–Crippen MR) is 69.0 cm³/mol. The number of methoxy groups -OCH3 is 1. The molecule has 18 heavy (non-hydrogen) atoms. The summed E-state index contributed by atoms with van der Waals surface area (Å²) >= 11 is 5.98. The fraction of sp³-hybridized carbons (Fsp3) is 0.364. The van der Waals surface area contributed by atoms with Crippen LogP contribution in [0.25, 0.3) is 0 Å². The maximum Gasteiger partial charge on any atom is 0.318 e. The monoisotopic (exact) mass is 267 g/mol. The molecule has 0 fully saturated rings. The molecule has 2 rings (SSSR count). The van der Waals surface area contributed by atoms with Gasteiger partial charge in [-0.1, -0.05) is 11.6 Å². The maximum absolute atomic E-state index is 5.98. The first-order valence-electron chi connectivity index (χ1n) is 5.47. The van der Waals surface area contributed by atoms with E-state index in [1.807, 2.05) is 17.8 Å². The second-order valence-corrected chi connectivity index (χ2v) is 4.09. The molecule has 0 aliphatic rings. The lowest BCUT2D eigenvalue weighted by Crippen LogP contribution is -2.10. The molecule has 0 saturated carbocycles. The standard InChI is InChI=1S/C11H14ClN5O/c1-17-6-5-13-9(17)3-4-14-10-8(12)7-15-11(16-10)18-2/h5-7H,3-4H2,1-2H3,(H,14,15,16). The van der Waals surface area contributed by atoms with Gasteiger partial charge in [0.15, 0.2) is 5.82 Å². The number of nitrogens with one attached hydrogen (secondary N) is 1. The van der Waals surface area contributed by atoms with Gasteiger partial charge in [0, 0.05) is 32.4 Å². The Morgan fingerprint density at radius 2 is 2.28 bits per heavy atom. The molecule has 0 amide bonds. The van der Waals surface area contributed by atoms with E-state index >= 15 is 0 Å². The third-order valence-corrected chi connectivity index (χ3v) is 2.74. The van der Waals surface area contributed by atoms with Crippen molar-refractivity contribution in [2.75, 3.05) is 19.0 Å². The zero-order valence-electron chi connectivity index (χ0n) is 10.2. The molecule has 0 saturated heterocycles. The maximum atomic E-state index is 5.98. The van der Waals surface area contributed by atoms with E-state index in [2.05, 4.69) is 20.3 Å². The number of aryl methyl sites for hydroxylation is 1. The Morgan fingerprint density at radius 1 is 1.44 bits per heavy atom. The number of hydrogen-bond acceptors (Lipinski definition) is 5. The van der Waals surface area contributed by atoms with Gasteiger partial charge in [0.25, 0.3) is 0 Å². The van der Waals surface area contributed by atoms with Crippen molar-refractivity contribution in [1.29, 1.82) is 0 Å². The summed E-state index contributed by atoms with van der Waals surface area (Å²) in [5.74, 6) is 1.57. The molecule has 0 aliphatic heterocycles. The lowest BCUT2D eigenvalue weighted by molar-refractivity contribution is 0.380. The second kappa shape index (κ2) is 5.68. The molecule has 2 aromatic rings. The summed E-state index contributed by atoms with van der Waals surface area (Å²) in [7, 11) is 3.48. The normalized spacial score (nSPS) is 10.4. The molecule has 0 spiro atoms. The van der Waals surface area contributed by atoms with E-state index in [-0.39, 0.29) is 0 Å². The smallest absolute Gasteiger partial charge is 0.318 e. The van der Waals surface area contributed by atoms with E-state index in [1.165, 1.54) is 13.3 Å². The minimum atomic E-state index is 0.291. The average molecular weight is 268 g/mol. The van der Waals surface area contributed by atoms with Crippen LogP contribution in [0.2, 0.25) is 5.02 Å². The zero-order valence-corrected chi connectivity index (χ0v) is 11.0. The zero-order chi connectivity index (χ0) is 13.0. The van der Waals surface area contributed by atoms with Gasteiger partial charge in [-0.3, -0.25) is 0 Å². The van der Waals surface area contributed by atoms with Gasteiger partial charge in [-0.15, -0.1) is 0 Å². The van der Waals surface area contributed by atoms with Crippen molar-refractivity contribution in [3.05, 3.63) is 29.4 Å². The average Bonchev–Trinajstić information content (AvgIpc) is 2.77. The third-order valence-electron chi connectivity index (χ3n) is 2.47. The van der Waals surface area contributed by atoms with E-state index in [4.69, 9.17) is 16.3 Å². The molecule has 7 heteroatoms. The lowest BCUT2D eigenvalue weighted by atomic mass is 10.4. The number of hydrogen-bond donors (Lipinski definition) is 1. The van der Waals surface area contributed by atoms with Gasteiger partial charge in [0.2, 0.25) is 0 Å². The highest BCUT2D eigenvalue weighted by molar-refractivity contribution is 6.32. The van der Waals surface area contributed by atoms with Gasteiger partial charge in [0.1, 0.15) is 10.8 Å². The van der Waals surface area contributed by atoms with Crippen LogP contribution < -0.4 is 10.1 Å². The van der Waals surface area contributed by atoms with Crippen LogP contribution in [-0.2, 0) is 13.5 Å². The number of imidazole rings is 1. The Morgan fingerprint density at radius 3 is 2.94 bits per heavy atom. The van der Waals surface area contributed by atoms with Crippen LogP contribution in [0.1, 0.15) is 5.82 Å². The van der Waals surface area contributed by atoms with E-state index in [9.17, 15) is 0 Å². The highest BCUT2D eigenvalue weighted by Crippen LogP contribution is 2.19. The Labute approximate surface area is 110 Å². The van der Waals surface area contributed by atoms with E-state index in [0.29, 0.717) is 23.4 Å². The van der Waals surface area contributed by atoms with Crippen LogP contribution in [0.3, 0.4) is 0 Å². The van der Waals surface area contributed by atoms with Crippen molar-refractivity contribution in [2.45, 2.75) is 6.42 Å². The topological polar surface area (TPSA) is 64.9 Å². The summed E-state index contributed by atoms with van der Waals surface area (Å²) in [5.41, 5.74) is 0. The van der Waals surface area contributed by atoms with Gasteiger partial charge < -0.3 is 14.6 Å². The molecule has 2 aromatic heterocycles. The van der Waals surface area contributed by atoms with Gasteiger partial charge >= 0.3 is 6.01 Å². The number of ether oxygens (including phenoxy) is 1. The molecular formula is C11H14ClN5O. The Balaban J connectivity index is 1.96. The van der Waals surface area contributed by atoms with Crippen molar-refractivity contribution in [1.82, 2.24) is 19.5 Å². The molecule has 0 bridgehead atoms. The number of halogens is 1. The van der Waals surface area contributed by atoms with Crippen molar-refractivity contribution in [2.24, 2.45) is 7.05 Å². The first-order valence-corrected chi connectivity index (χ1v) is 5.85. The van der Waals surface area contributed by atoms with Crippen LogP contribution in [0.15, 0.2) is 18.6 Å². The minimum Gasteiger partial charge on any atom is -0.467 e. The summed E-state index contributed by atoms with van der Waals surface area (Å²) in [6.45, 7) is 0.685. The predicted octanol–water partition coefficient (Wildman–Crippen LogP) is 1.53. The number of aromatic nitrogens is 4. The van der Waals surface area contributed by atoms with Crippen LogP contribution in [0.5, 0.6) is 6.01 Å². The molecule has 0 unspecified atom stereocenters. The second-order valence-electron chi connectivity index (χ2n) is 3.68. The summed E-state index contributed by atoms with van der Waals surface area (Å²) in [6, 6.07) is 0.291. The first kappa shape index (κ1) is 12.6. The van der Waals surface area contributed by atoms with E-state index in [0.717, 1.165) is 12.2 Å². The molecule has 0 radical (unpaired) electrons. The van der Waals surface area contributed by atoms with Gasteiger partial charge in [0.05, 0.1) is 13.3 Å². The molecule has 6 nitrogen and oxygen atoms in total. The summed E-state index contributed by atoms with van der Waals surface area (Å²) in [4.78, 5) is 12.3. The fourth-order valence-electron chi connectivity index (χ4n) is 1.50. The Bertz CT molecular complexity index is 528. The summed E-state index contributed by atoms with van der Waals surface area (Å²) in [6.07, 6.45) is 5.98. The number of rotatable bonds is 5. The fourth-order valence-corrected chi connectivity index (χ4v) is 1.66. The summed E-state index contributed by atoms with van der Waals surface area (Å²) < 4.78 is 6.92. The minimum absolute atomic E-state index is 0.291. The van der Waals surface area contributed by atoms with Crippen molar-refractivity contribution in [3.63, 3.8) is 0 Å². The largest absolute Gasteiger partial charge is 0.467 e. The van der Waals surface area contributed by atoms with E-state index < -0.39 is 0 Å². The Kier molecular flexibility index (Phi) is 3.99. The highest BCUT2D eigenvalue weighted by atomic mass is 35.5. The van der Waals surface area contributed by atoms with Crippen molar-refractivity contribution >= 4 is 17.4 Å². The van der Waals surface area contributed by atoms with Crippen molar-refractivity contribution in [3.8, 4) is 6.01 Å². The highest BCUT2D eigenvalue weighted by Gasteiger charge is 2.05. The van der Waals surface area contributed by atoms with Crippen LogP contribution >= 0.6 is 11.6 Å². The van der Waals surface area contributed by atoms with E-state index in [1.54, 1.807) is 6.20 Å².